The molecule has 0 aliphatic heterocycles. The molecule has 9 heteroatoms. The fourth-order valence-corrected chi connectivity index (χ4v) is 4.85. The van der Waals surface area contributed by atoms with Gasteiger partial charge in [-0.25, -0.2) is 0 Å². The number of methoxy groups -OCH3 is 3. The van der Waals surface area contributed by atoms with Gasteiger partial charge in [-0.1, -0.05) is 50.3 Å². The zero-order valence-electron chi connectivity index (χ0n) is 22.8. The summed E-state index contributed by atoms with van der Waals surface area (Å²) >= 11 is 0. The molecule has 1 aliphatic carbocycles. The van der Waals surface area contributed by atoms with E-state index in [1.807, 2.05) is 31.2 Å². The molecular weight excluding hydrogens is 484 g/mol. The molecule has 2 atom stereocenters. The summed E-state index contributed by atoms with van der Waals surface area (Å²) in [6.45, 7) is 1.93. The van der Waals surface area contributed by atoms with E-state index in [1.165, 1.54) is 13.5 Å². The molecule has 0 radical (unpaired) electrons. The summed E-state index contributed by atoms with van der Waals surface area (Å²) < 4.78 is 15.9. The highest BCUT2D eigenvalue weighted by molar-refractivity contribution is 5.95. The maximum atomic E-state index is 13.4. The van der Waals surface area contributed by atoms with Crippen molar-refractivity contribution in [2.75, 3.05) is 21.3 Å². The molecule has 1 aliphatic rings. The monoisotopic (exact) mass is 524 g/mol. The van der Waals surface area contributed by atoms with E-state index in [2.05, 4.69) is 15.6 Å². The summed E-state index contributed by atoms with van der Waals surface area (Å²) in [7, 11) is 4.70. The van der Waals surface area contributed by atoms with Crippen molar-refractivity contribution >= 4 is 17.8 Å². The zero-order chi connectivity index (χ0) is 27.5. The smallest absolute Gasteiger partial charge is 0.253 e. The summed E-state index contributed by atoms with van der Waals surface area (Å²) in [6, 6.07) is 12.0. The number of amides is 2. The highest BCUT2D eigenvalue weighted by atomic mass is 16.5. The van der Waals surface area contributed by atoms with Gasteiger partial charge in [0.15, 0.2) is 17.5 Å². The van der Waals surface area contributed by atoms with Gasteiger partial charge < -0.3 is 30.6 Å². The minimum absolute atomic E-state index is 0.0368. The van der Waals surface area contributed by atoms with Crippen LogP contribution in [0, 0.1) is 5.92 Å². The quantitative estimate of drug-likeness (QED) is 0.301. The second kappa shape index (κ2) is 14.3. The van der Waals surface area contributed by atoms with E-state index < -0.39 is 11.9 Å². The maximum absolute atomic E-state index is 13.4. The van der Waals surface area contributed by atoms with Gasteiger partial charge in [0, 0.05) is 0 Å². The average molecular weight is 525 g/mol. The van der Waals surface area contributed by atoms with Crippen LogP contribution in [0.3, 0.4) is 0 Å². The number of ether oxygens (including phenoxy) is 3. The lowest BCUT2D eigenvalue weighted by molar-refractivity contribution is -0.124. The molecule has 1 fully saturated rings. The lowest BCUT2D eigenvalue weighted by atomic mass is 9.84. The molecule has 0 spiro atoms. The molecular formula is C29H40N4O5. The summed E-state index contributed by atoms with van der Waals surface area (Å²) in [5.41, 5.74) is 7.78. The van der Waals surface area contributed by atoms with Gasteiger partial charge in [-0.05, 0) is 54.7 Å². The molecule has 9 nitrogen and oxygen atoms in total. The Morgan fingerprint density at radius 3 is 2.39 bits per heavy atom. The molecule has 38 heavy (non-hydrogen) atoms. The summed E-state index contributed by atoms with van der Waals surface area (Å²) in [5, 5.41) is 6.11. The van der Waals surface area contributed by atoms with Crippen molar-refractivity contribution < 1.29 is 23.8 Å². The van der Waals surface area contributed by atoms with Crippen LogP contribution in [0.25, 0.3) is 0 Å². The van der Waals surface area contributed by atoms with Crippen molar-refractivity contribution in [2.24, 2.45) is 16.6 Å². The molecule has 2 aromatic rings. The Labute approximate surface area is 225 Å². The Bertz CT molecular complexity index is 1110. The number of benzene rings is 2. The van der Waals surface area contributed by atoms with Crippen LogP contribution in [-0.4, -0.2) is 45.1 Å². The highest BCUT2D eigenvalue weighted by Crippen LogP contribution is 2.29. The van der Waals surface area contributed by atoms with Gasteiger partial charge in [-0.2, -0.15) is 4.99 Å². The molecule has 2 amide bonds. The first-order chi connectivity index (χ1) is 18.3. The second-order valence-corrected chi connectivity index (χ2v) is 9.70. The molecule has 4 N–H and O–H groups in total. The molecule has 2 aromatic carbocycles. The number of nitrogens with zero attached hydrogens (tertiary/aromatic N) is 1. The molecule has 0 aromatic heterocycles. The molecule has 206 valence electrons. The van der Waals surface area contributed by atoms with Crippen LogP contribution >= 0.6 is 0 Å². The van der Waals surface area contributed by atoms with Gasteiger partial charge in [0.2, 0.25) is 5.91 Å². The number of hydrogen-bond donors (Lipinski definition) is 3. The lowest BCUT2D eigenvalue weighted by Gasteiger charge is -2.28. The first kappa shape index (κ1) is 28.8. The predicted molar refractivity (Wildman–Crippen MR) is 148 cm³/mol. The third-order valence-corrected chi connectivity index (χ3v) is 6.93. The lowest BCUT2D eigenvalue weighted by Crippen LogP contribution is -2.50. The number of aliphatic imine (C=N–C) groups is 1. The Morgan fingerprint density at radius 1 is 0.974 bits per heavy atom. The fraction of sp³-hybridized carbons (Fsp3) is 0.483. The first-order valence-corrected chi connectivity index (χ1v) is 13.1. The molecule has 1 saturated carbocycles. The van der Waals surface area contributed by atoms with Crippen molar-refractivity contribution in [3.8, 4) is 17.2 Å². The summed E-state index contributed by atoms with van der Waals surface area (Å²) in [6.07, 6.45) is 6.35. The van der Waals surface area contributed by atoms with Crippen molar-refractivity contribution in [3.63, 3.8) is 0 Å². The first-order valence-electron chi connectivity index (χ1n) is 13.1. The maximum Gasteiger partial charge on any atom is 0.253 e. The molecule has 2 unspecified atom stereocenters. The van der Waals surface area contributed by atoms with Crippen molar-refractivity contribution in [1.82, 2.24) is 10.6 Å². The largest absolute Gasteiger partial charge is 0.497 e. The van der Waals surface area contributed by atoms with Gasteiger partial charge in [-0.15, -0.1) is 0 Å². The minimum atomic E-state index is -0.608. The standard InChI is InChI=1S/C29H40N4O5/c1-19(22-11-8-12-23(18-22)36-2)31-28(35)24(15-20-9-6-5-7-10-20)32-29(30)33-27(34)17-21-13-14-25(37-3)26(16-21)38-4/h8,11-14,16,18-20,24H,5-7,9-10,15,17H2,1-4H3,(H,31,35)(H3,30,32,33,34). The van der Waals surface area contributed by atoms with E-state index in [9.17, 15) is 9.59 Å². The second-order valence-electron chi connectivity index (χ2n) is 9.70. The highest BCUT2D eigenvalue weighted by Gasteiger charge is 2.26. The van der Waals surface area contributed by atoms with Crippen molar-refractivity contribution in [3.05, 3.63) is 53.6 Å². The Kier molecular flexibility index (Phi) is 10.8. The van der Waals surface area contributed by atoms with Gasteiger partial charge in [0.1, 0.15) is 11.8 Å². The average Bonchev–Trinajstić information content (AvgIpc) is 2.92. The van der Waals surface area contributed by atoms with Crippen molar-refractivity contribution in [2.45, 2.75) is 64.0 Å². The zero-order valence-corrected chi connectivity index (χ0v) is 22.8. The van der Waals surface area contributed by atoms with Crippen LogP contribution in [0.5, 0.6) is 17.2 Å². The van der Waals surface area contributed by atoms with Gasteiger partial charge in [-0.3, -0.25) is 9.59 Å². The molecule has 0 bridgehead atoms. The van der Waals surface area contributed by atoms with E-state index in [0.29, 0.717) is 29.4 Å². The minimum Gasteiger partial charge on any atom is -0.497 e. The van der Waals surface area contributed by atoms with Crippen LogP contribution in [-0.2, 0) is 16.0 Å². The van der Waals surface area contributed by atoms with E-state index in [1.54, 1.807) is 32.4 Å². The number of rotatable bonds is 11. The van der Waals surface area contributed by atoms with Crippen LogP contribution in [0.15, 0.2) is 47.5 Å². The van der Waals surface area contributed by atoms with Gasteiger partial charge in [0.25, 0.3) is 5.91 Å². The van der Waals surface area contributed by atoms with Crippen LogP contribution in [0.4, 0.5) is 0 Å². The van der Waals surface area contributed by atoms with Gasteiger partial charge >= 0.3 is 0 Å². The fourth-order valence-electron chi connectivity index (χ4n) is 4.85. The number of carbonyl (C=O) groups excluding carboxylic acids is 2. The number of nitrogens with one attached hydrogen (secondary N) is 2. The van der Waals surface area contributed by atoms with E-state index >= 15 is 0 Å². The summed E-state index contributed by atoms with van der Waals surface area (Å²) in [5.74, 6) is 1.57. The number of nitrogens with two attached hydrogens (primary N) is 1. The normalized spacial score (nSPS) is 15.7. The summed E-state index contributed by atoms with van der Waals surface area (Å²) in [4.78, 5) is 30.0. The Morgan fingerprint density at radius 2 is 1.71 bits per heavy atom. The number of carbonyl (C=O) groups is 2. The number of guanidine groups is 1. The van der Waals surface area contributed by atoms with Crippen LogP contribution in [0.2, 0.25) is 0 Å². The van der Waals surface area contributed by atoms with E-state index in [-0.39, 0.29) is 24.3 Å². The third-order valence-electron chi connectivity index (χ3n) is 6.93. The molecule has 3 rings (SSSR count). The van der Waals surface area contributed by atoms with E-state index in [0.717, 1.165) is 37.0 Å². The SMILES string of the molecule is COc1cccc(C(C)NC(=O)C(CC2CCCCC2)NC(N)=NC(=O)Cc2ccc(OC)c(OC)c2)c1. The Balaban J connectivity index is 1.69. The van der Waals surface area contributed by atoms with Crippen LogP contribution in [0.1, 0.15) is 62.6 Å². The Hall–Kier alpha value is -3.75. The molecule has 0 saturated heterocycles. The van der Waals surface area contributed by atoms with Crippen LogP contribution < -0.4 is 30.6 Å². The van der Waals surface area contributed by atoms with Crippen molar-refractivity contribution in [1.29, 1.82) is 0 Å². The topological polar surface area (TPSA) is 124 Å². The van der Waals surface area contributed by atoms with E-state index in [4.69, 9.17) is 19.9 Å². The molecule has 0 heterocycles. The third kappa shape index (κ3) is 8.39. The number of hydrogen-bond acceptors (Lipinski definition) is 5. The van der Waals surface area contributed by atoms with Gasteiger partial charge in [0.05, 0.1) is 33.8 Å². The predicted octanol–water partition coefficient (Wildman–Crippen LogP) is 3.90.